The molecular formula is C26H16ClF7N4O3. The molecule has 1 atom stereocenters. The molecule has 0 fully saturated rings. The van der Waals surface area contributed by atoms with Gasteiger partial charge in [-0.15, -0.1) is 0 Å². The third-order valence-corrected chi connectivity index (χ3v) is 6.94. The molecule has 3 aromatic carbocycles. The zero-order valence-corrected chi connectivity index (χ0v) is 21.3. The van der Waals surface area contributed by atoms with Gasteiger partial charge in [-0.25, -0.2) is 18.1 Å². The van der Waals surface area contributed by atoms with Gasteiger partial charge in [-0.05, 0) is 49.4 Å². The fourth-order valence-electron chi connectivity index (χ4n) is 4.89. The largest absolute Gasteiger partial charge is 0.416 e. The molecule has 214 valence electrons. The van der Waals surface area contributed by atoms with Crippen LogP contribution < -0.4 is 16.3 Å². The number of nitrogens with zero attached hydrogens (tertiary/aromatic N) is 2. The molecule has 0 bridgehead atoms. The van der Waals surface area contributed by atoms with E-state index in [1.54, 1.807) is 0 Å². The van der Waals surface area contributed by atoms with Crippen molar-refractivity contribution in [2.45, 2.75) is 32.2 Å². The van der Waals surface area contributed by atoms with Crippen LogP contribution in [0.15, 0.2) is 47.3 Å². The van der Waals surface area contributed by atoms with Crippen LogP contribution in [0.3, 0.4) is 0 Å². The number of rotatable bonds is 5. The van der Waals surface area contributed by atoms with Crippen LogP contribution >= 0.6 is 11.6 Å². The van der Waals surface area contributed by atoms with E-state index in [-0.39, 0.29) is 44.5 Å². The number of amides is 2. The molecule has 0 radical (unpaired) electrons. The third kappa shape index (κ3) is 4.71. The summed E-state index contributed by atoms with van der Waals surface area (Å²) in [5.41, 5.74) is -5.09. The normalized spacial score (nSPS) is 15.0. The molecule has 1 aliphatic rings. The van der Waals surface area contributed by atoms with Gasteiger partial charge in [0.1, 0.15) is 11.6 Å². The van der Waals surface area contributed by atoms with E-state index < -0.39 is 70.1 Å². The molecule has 7 nitrogen and oxygen atoms in total. The van der Waals surface area contributed by atoms with Crippen molar-refractivity contribution < 1.29 is 40.3 Å². The summed E-state index contributed by atoms with van der Waals surface area (Å²) in [5, 5.41) is 4.73. The second-order valence-corrected chi connectivity index (χ2v) is 9.42. The standard InChI is InChI=1S/C26H16ClF7N4O3/c1-2-37-17-9-16(35-22(39)10-5-11(26(32,33)34)7-13(29)6-10)18-19(21(17)38(24(30)31)25(37)41)23(40)36-20(18)14-8-12(28)3-4-15(14)27/h3-9,20,24H,2H2,1H3,(H,35,39)(H,36,40). The van der Waals surface area contributed by atoms with E-state index in [1.807, 2.05) is 0 Å². The lowest BCUT2D eigenvalue weighted by molar-refractivity contribution is -0.137. The molecule has 1 unspecified atom stereocenters. The van der Waals surface area contributed by atoms with E-state index in [1.165, 1.54) is 13.0 Å². The van der Waals surface area contributed by atoms with Crippen molar-refractivity contribution in [3.05, 3.63) is 97.4 Å². The van der Waals surface area contributed by atoms with Gasteiger partial charge in [0.05, 0.1) is 28.2 Å². The number of benzene rings is 3. The number of halogens is 8. The lowest BCUT2D eigenvalue weighted by Gasteiger charge is -2.19. The Balaban J connectivity index is 1.79. The van der Waals surface area contributed by atoms with Crippen molar-refractivity contribution in [2.24, 2.45) is 0 Å². The Bertz CT molecular complexity index is 1810. The molecule has 2 heterocycles. The summed E-state index contributed by atoms with van der Waals surface area (Å²) in [6.07, 6.45) is -4.98. The topological polar surface area (TPSA) is 85.1 Å². The first kappa shape index (κ1) is 28.2. The Labute approximate surface area is 230 Å². The van der Waals surface area contributed by atoms with Gasteiger partial charge >= 0.3 is 18.4 Å². The van der Waals surface area contributed by atoms with Gasteiger partial charge in [0.15, 0.2) is 0 Å². The number of anilines is 1. The Kier molecular flexibility index (Phi) is 6.84. The Morgan fingerprint density at radius 1 is 1.07 bits per heavy atom. The van der Waals surface area contributed by atoms with E-state index >= 15 is 0 Å². The first-order valence-electron chi connectivity index (χ1n) is 11.8. The van der Waals surface area contributed by atoms with Crippen LogP contribution in [-0.4, -0.2) is 20.9 Å². The minimum Gasteiger partial charge on any atom is -0.341 e. The lowest BCUT2D eigenvalue weighted by Crippen LogP contribution is -2.25. The number of alkyl halides is 5. The second-order valence-electron chi connectivity index (χ2n) is 9.01. The van der Waals surface area contributed by atoms with Crippen LogP contribution in [0.2, 0.25) is 5.02 Å². The number of aryl methyl sites for hydroxylation is 1. The summed E-state index contributed by atoms with van der Waals surface area (Å²) in [5.74, 6) is -4.36. The van der Waals surface area contributed by atoms with Crippen molar-refractivity contribution >= 4 is 40.1 Å². The highest BCUT2D eigenvalue weighted by Gasteiger charge is 2.39. The first-order valence-corrected chi connectivity index (χ1v) is 12.2. The number of carbonyl (C=O) groups excluding carboxylic acids is 2. The summed E-state index contributed by atoms with van der Waals surface area (Å²) in [4.78, 5) is 39.2. The number of fused-ring (bicyclic) bond motifs is 3. The van der Waals surface area contributed by atoms with E-state index in [2.05, 4.69) is 10.6 Å². The summed E-state index contributed by atoms with van der Waals surface area (Å²) >= 11 is 6.24. The van der Waals surface area contributed by atoms with Gasteiger partial charge in [0, 0.05) is 33.9 Å². The van der Waals surface area contributed by atoms with Gasteiger partial charge in [-0.1, -0.05) is 11.6 Å². The molecule has 1 aliphatic heterocycles. The van der Waals surface area contributed by atoms with Gasteiger partial charge < -0.3 is 10.6 Å². The van der Waals surface area contributed by atoms with E-state index in [0.29, 0.717) is 12.1 Å². The molecule has 0 aliphatic carbocycles. The van der Waals surface area contributed by atoms with Gasteiger partial charge in [0.2, 0.25) is 0 Å². The molecular weight excluding hydrogens is 585 g/mol. The number of hydrogen-bond donors (Lipinski definition) is 2. The average molecular weight is 601 g/mol. The molecule has 0 spiro atoms. The SMILES string of the molecule is CCn1c(=O)n(C(F)F)c2c3c(c(NC(=O)c4cc(F)cc(C(F)(F)F)c4)cc21)C(c1cc(F)ccc1Cl)NC3=O. The predicted octanol–water partition coefficient (Wildman–Crippen LogP) is 6.25. The molecule has 0 saturated carbocycles. The molecule has 2 N–H and O–H groups in total. The molecule has 0 saturated heterocycles. The zero-order chi connectivity index (χ0) is 30.0. The summed E-state index contributed by atoms with van der Waals surface area (Å²) in [7, 11) is 0. The maximum absolute atomic E-state index is 14.2. The zero-order valence-electron chi connectivity index (χ0n) is 20.5. The predicted molar refractivity (Wildman–Crippen MR) is 133 cm³/mol. The highest BCUT2D eigenvalue weighted by Crippen LogP contribution is 2.43. The Morgan fingerprint density at radius 3 is 2.41 bits per heavy atom. The molecule has 4 aromatic rings. The van der Waals surface area contributed by atoms with Crippen LogP contribution in [-0.2, 0) is 12.7 Å². The number of carbonyl (C=O) groups is 2. The quantitative estimate of drug-likeness (QED) is 0.266. The van der Waals surface area contributed by atoms with Crippen LogP contribution in [0.25, 0.3) is 11.0 Å². The number of nitrogens with one attached hydrogen (secondary N) is 2. The van der Waals surface area contributed by atoms with Gasteiger partial charge in [-0.3, -0.25) is 14.2 Å². The monoisotopic (exact) mass is 600 g/mol. The molecule has 2 amide bonds. The fraction of sp³-hybridized carbons (Fsp3) is 0.192. The fourth-order valence-corrected chi connectivity index (χ4v) is 5.12. The molecule has 5 rings (SSSR count). The van der Waals surface area contributed by atoms with Crippen molar-refractivity contribution in [3.8, 4) is 0 Å². The van der Waals surface area contributed by atoms with Crippen LogP contribution in [0.5, 0.6) is 0 Å². The van der Waals surface area contributed by atoms with Crippen molar-refractivity contribution in [3.63, 3.8) is 0 Å². The highest BCUT2D eigenvalue weighted by atomic mass is 35.5. The minimum absolute atomic E-state index is 0.0420. The minimum atomic E-state index is -4.98. The maximum Gasteiger partial charge on any atom is 0.416 e. The van der Waals surface area contributed by atoms with Gasteiger partial charge in [-0.2, -0.15) is 22.0 Å². The van der Waals surface area contributed by atoms with E-state index in [9.17, 15) is 45.1 Å². The Morgan fingerprint density at radius 2 is 1.78 bits per heavy atom. The third-order valence-electron chi connectivity index (χ3n) is 6.60. The highest BCUT2D eigenvalue weighted by molar-refractivity contribution is 6.31. The van der Waals surface area contributed by atoms with Crippen LogP contribution in [0.4, 0.5) is 36.4 Å². The molecule has 1 aromatic heterocycles. The second kappa shape index (κ2) is 9.94. The van der Waals surface area contributed by atoms with Crippen molar-refractivity contribution in [2.75, 3.05) is 5.32 Å². The lowest BCUT2D eigenvalue weighted by atomic mass is 9.95. The van der Waals surface area contributed by atoms with E-state index in [0.717, 1.165) is 22.8 Å². The van der Waals surface area contributed by atoms with Crippen LogP contribution in [0, 0.1) is 11.6 Å². The summed E-state index contributed by atoms with van der Waals surface area (Å²) in [6.45, 7) is -2.07. The average Bonchev–Trinajstić information content (AvgIpc) is 3.37. The summed E-state index contributed by atoms with van der Waals surface area (Å²) < 4.78 is 97.1. The summed E-state index contributed by atoms with van der Waals surface area (Å²) in [6, 6.07) is 4.02. The first-order chi connectivity index (χ1) is 19.2. The number of aromatic nitrogens is 2. The molecule has 15 heteroatoms. The molecule has 41 heavy (non-hydrogen) atoms. The maximum atomic E-state index is 14.2. The van der Waals surface area contributed by atoms with E-state index in [4.69, 9.17) is 11.6 Å². The smallest absolute Gasteiger partial charge is 0.341 e. The van der Waals surface area contributed by atoms with Gasteiger partial charge in [0.25, 0.3) is 11.8 Å². The number of imidazole rings is 1. The van der Waals surface area contributed by atoms with Crippen molar-refractivity contribution in [1.82, 2.24) is 14.5 Å². The van der Waals surface area contributed by atoms with Crippen molar-refractivity contribution in [1.29, 1.82) is 0 Å². The van der Waals surface area contributed by atoms with Crippen LogP contribution in [0.1, 0.15) is 56.9 Å². The number of hydrogen-bond acceptors (Lipinski definition) is 3. The Hall–Kier alpha value is -4.33.